The van der Waals surface area contributed by atoms with Crippen LogP contribution in [0.5, 0.6) is 0 Å². The van der Waals surface area contributed by atoms with Crippen molar-refractivity contribution in [1.82, 2.24) is 5.32 Å². The second-order valence-electron chi connectivity index (χ2n) is 5.62. The summed E-state index contributed by atoms with van der Waals surface area (Å²) in [4.78, 5) is 0. The molecule has 1 aromatic rings. The van der Waals surface area contributed by atoms with Crippen LogP contribution < -0.4 is 5.32 Å². The maximum Gasteiger partial charge on any atom is 0.0624 e. The standard InChI is InChI=1S/C16H25Cl2N/c1-4-8-19-11-13(9-12(2)3)10-14-6-5-7-15(17)16(14)18/h5-7,12-13,19H,4,8-11H2,1-3H3. The average molecular weight is 302 g/mol. The molecule has 0 amide bonds. The SMILES string of the molecule is CCCNCC(Cc1cccc(Cl)c1Cl)CC(C)C. The van der Waals surface area contributed by atoms with Crippen LogP contribution in [0.25, 0.3) is 0 Å². The van der Waals surface area contributed by atoms with Crippen LogP contribution in [0.15, 0.2) is 18.2 Å². The molecule has 0 saturated heterocycles. The van der Waals surface area contributed by atoms with Crippen LogP contribution in [0.4, 0.5) is 0 Å². The summed E-state index contributed by atoms with van der Waals surface area (Å²) in [5.41, 5.74) is 1.16. The molecule has 3 heteroatoms. The lowest BCUT2D eigenvalue weighted by Gasteiger charge is -2.20. The number of hydrogen-bond donors (Lipinski definition) is 1. The van der Waals surface area contributed by atoms with E-state index in [-0.39, 0.29) is 0 Å². The highest BCUT2D eigenvalue weighted by atomic mass is 35.5. The lowest BCUT2D eigenvalue weighted by Crippen LogP contribution is -2.26. The fourth-order valence-corrected chi connectivity index (χ4v) is 2.80. The van der Waals surface area contributed by atoms with Gasteiger partial charge < -0.3 is 5.32 Å². The predicted octanol–water partition coefficient (Wildman–Crippen LogP) is 5.20. The third-order valence-corrected chi connectivity index (χ3v) is 4.06. The Kier molecular flexibility index (Phi) is 7.82. The Morgan fingerprint density at radius 3 is 2.58 bits per heavy atom. The minimum absolute atomic E-state index is 0.613. The fourth-order valence-electron chi connectivity index (χ4n) is 2.41. The van der Waals surface area contributed by atoms with Crippen LogP contribution in [0.3, 0.4) is 0 Å². The van der Waals surface area contributed by atoms with Crippen molar-refractivity contribution in [2.24, 2.45) is 11.8 Å². The normalized spacial score (nSPS) is 12.9. The van der Waals surface area contributed by atoms with Gasteiger partial charge in [0.15, 0.2) is 0 Å². The fraction of sp³-hybridized carbons (Fsp3) is 0.625. The van der Waals surface area contributed by atoms with E-state index in [4.69, 9.17) is 23.2 Å². The maximum absolute atomic E-state index is 6.28. The molecule has 0 aliphatic heterocycles. The molecule has 0 spiro atoms. The molecule has 0 heterocycles. The van der Waals surface area contributed by atoms with E-state index in [1.54, 1.807) is 0 Å². The largest absolute Gasteiger partial charge is 0.316 e. The zero-order valence-electron chi connectivity index (χ0n) is 12.2. The van der Waals surface area contributed by atoms with Gasteiger partial charge in [-0.05, 0) is 55.8 Å². The van der Waals surface area contributed by atoms with Gasteiger partial charge in [-0.15, -0.1) is 0 Å². The Balaban J connectivity index is 2.67. The van der Waals surface area contributed by atoms with E-state index >= 15 is 0 Å². The maximum atomic E-state index is 6.28. The Morgan fingerprint density at radius 2 is 1.95 bits per heavy atom. The Hall–Kier alpha value is -0.240. The van der Waals surface area contributed by atoms with Crippen molar-refractivity contribution in [3.05, 3.63) is 33.8 Å². The first-order chi connectivity index (χ1) is 9.04. The first kappa shape index (κ1) is 16.8. The van der Waals surface area contributed by atoms with Crippen molar-refractivity contribution in [2.45, 2.75) is 40.0 Å². The van der Waals surface area contributed by atoms with Crippen molar-refractivity contribution < 1.29 is 0 Å². The Labute approximate surface area is 127 Å². The summed E-state index contributed by atoms with van der Waals surface area (Å²) in [7, 11) is 0. The topological polar surface area (TPSA) is 12.0 Å². The highest BCUT2D eigenvalue weighted by Crippen LogP contribution is 2.28. The van der Waals surface area contributed by atoms with Crippen LogP contribution in [-0.4, -0.2) is 13.1 Å². The smallest absolute Gasteiger partial charge is 0.0624 e. The van der Waals surface area contributed by atoms with E-state index in [0.717, 1.165) is 25.1 Å². The molecule has 1 atom stereocenters. The van der Waals surface area contributed by atoms with Gasteiger partial charge in [-0.25, -0.2) is 0 Å². The van der Waals surface area contributed by atoms with Gasteiger partial charge in [0, 0.05) is 0 Å². The third-order valence-electron chi connectivity index (χ3n) is 3.20. The summed E-state index contributed by atoms with van der Waals surface area (Å²) >= 11 is 12.4. The van der Waals surface area contributed by atoms with E-state index in [1.165, 1.54) is 12.8 Å². The minimum Gasteiger partial charge on any atom is -0.316 e. The zero-order chi connectivity index (χ0) is 14.3. The van der Waals surface area contributed by atoms with Gasteiger partial charge in [0.2, 0.25) is 0 Å². The minimum atomic E-state index is 0.613. The van der Waals surface area contributed by atoms with Gasteiger partial charge >= 0.3 is 0 Å². The van der Waals surface area contributed by atoms with Gasteiger partial charge in [-0.3, -0.25) is 0 Å². The second kappa shape index (κ2) is 8.84. The highest BCUT2D eigenvalue weighted by Gasteiger charge is 2.14. The van der Waals surface area contributed by atoms with Gasteiger partial charge in [0.25, 0.3) is 0 Å². The summed E-state index contributed by atoms with van der Waals surface area (Å²) < 4.78 is 0. The molecule has 1 aromatic carbocycles. The van der Waals surface area contributed by atoms with Crippen LogP contribution in [0, 0.1) is 11.8 Å². The van der Waals surface area contributed by atoms with E-state index in [0.29, 0.717) is 21.9 Å². The molecule has 108 valence electrons. The molecular weight excluding hydrogens is 277 g/mol. The summed E-state index contributed by atoms with van der Waals surface area (Å²) in [5.74, 6) is 1.31. The molecule has 1 nitrogen and oxygen atoms in total. The number of halogens is 2. The first-order valence-corrected chi connectivity index (χ1v) is 7.93. The van der Waals surface area contributed by atoms with Crippen LogP contribution >= 0.6 is 23.2 Å². The predicted molar refractivity (Wildman–Crippen MR) is 86.3 cm³/mol. The Bertz CT molecular complexity index is 377. The van der Waals surface area contributed by atoms with Crippen LogP contribution in [0.2, 0.25) is 10.0 Å². The van der Waals surface area contributed by atoms with Crippen molar-refractivity contribution >= 4 is 23.2 Å². The molecule has 0 aromatic heterocycles. The van der Waals surface area contributed by atoms with Gasteiger partial charge in [0.05, 0.1) is 10.0 Å². The molecular formula is C16H25Cl2N. The average Bonchev–Trinajstić information content (AvgIpc) is 2.34. The molecule has 0 aliphatic rings. The van der Waals surface area contributed by atoms with Gasteiger partial charge in [-0.2, -0.15) is 0 Å². The van der Waals surface area contributed by atoms with E-state index in [2.05, 4.69) is 32.2 Å². The molecule has 1 unspecified atom stereocenters. The van der Waals surface area contributed by atoms with Crippen molar-refractivity contribution in [1.29, 1.82) is 0 Å². The summed E-state index contributed by atoms with van der Waals surface area (Å²) in [6.45, 7) is 8.86. The molecule has 1 rings (SSSR count). The van der Waals surface area contributed by atoms with E-state index in [9.17, 15) is 0 Å². The van der Waals surface area contributed by atoms with Crippen molar-refractivity contribution in [3.63, 3.8) is 0 Å². The number of rotatable bonds is 8. The Morgan fingerprint density at radius 1 is 1.21 bits per heavy atom. The monoisotopic (exact) mass is 301 g/mol. The molecule has 0 saturated carbocycles. The molecule has 0 aliphatic carbocycles. The zero-order valence-corrected chi connectivity index (χ0v) is 13.7. The first-order valence-electron chi connectivity index (χ1n) is 7.18. The number of hydrogen-bond acceptors (Lipinski definition) is 1. The van der Waals surface area contributed by atoms with E-state index < -0.39 is 0 Å². The van der Waals surface area contributed by atoms with Gasteiger partial charge in [0.1, 0.15) is 0 Å². The third kappa shape index (κ3) is 6.16. The highest BCUT2D eigenvalue weighted by molar-refractivity contribution is 6.42. The second-order valence-corrected chi connectivity index (χ2v) is 6.40. The summed E-state index contributed by atoms with van der Waals surface area (Å²) in [6.07, 6.45) is 3.38. The summed E-state index contributed by atoms with van der Waals surface area (Å²) in [6, 6.07) is 5.91. The lowest BCUT2D eigenvalue weighted by molar-refractivity contribution is 0.385. The van der Waals surface area contributed by atoms with Crippen LogP contribution in [-0.2, 0) is 6.42 Å². The van der Waals surface area contributed by atoms with E-state index in [1.807, 2.05) is 12.1 Å². The lowest BCUT2D eigenvalue weighted by atomic mass is 9.91. The number of benzene rings is 1. The van der Waals surface area contributed by atoms with Crippen LogP contribution in [0.1, 0.15) is 39.2 Å². The van der Waals surface area contributed by atoms with Crippen molar-refractivity contribution in [2.75, 3.05) is 13.1 Å². The number of nitrogens with one attached hydrogen (secondary N) is 1. The molecule has 0 fully saturated rings. The summed E-state index contributed by atoms with van der Waals surface area (Å²) in [5, 5.41) is 4.89. The molecule has 1 N–H and O–H groups in total. The molecule has 0 radical (unpaired) electrons. The molecule has 0 bridgehead atoms. The molecule has 19 heavy (non-hydrogen) atoms. The van der Waals surface area contributed by atoms with Crippen molar-refractivity contribution in [3.8, 4) is 0 Å². The quantitative estimate of drug-likeness (QED) is 0.651. The van der Waals surface area contributed by atoms with Gasteiger partial charge in [-0.1, -0.05) is 56.1 Å².